The Bertz CT molecular complexity index is 852. The smallest absolute Gasteiger partial charge is 0.323 e. The summed E-state index contributed by atoms with van der Waals surface area (Å²) in [4.78, 5) is 17.0. The molecule has 0 saturated carbocycles. The van der Waals surface area contributed by atoms with Gasteiger partial charge in [-0.2, -0.15) is 0 Å². The summed E-state index contributed by atoms with van der Waals surface area (Å²) in [6, 6.07) is 12.6. The summed E-state index contributed by atoms with van der Waals surface area (Å²) in [5.74, 6) is -0.277. The number of anilines is 1. The number of carbonyl (C=O) groups is 1. The van der Waals surface area contributed by atoms with Crippen molar-refractivity contribution in [2.24, 2.45) is 0 Å². The summed E-state index contributed by atoms with van der Waals surface area (Å²) >= 11 is 1.48. The first-order valence-corrected chi connectivity index (χ1v) is 10.3. The molecule has 156 valence electrons. The van der Waals surface area contributed by atoms with Crippen molar-refractivity contribution in [3.63, 3.8) is 0 Å². The number of ether oxygens (including phenoxy) is 2. The van der Waals surface area contributed by atoms with E-state index in [9.17, 15) is 9.18 Å². The van der Waals surface area contributed by atoms with Crippen LogP contribution in [0.3, 0.4) is 0 Å². The van der Waals surface area contributed by atoms with E-state index in [0.29, 0.717) is 26.1 Å². The molecule has 0 aliphatic carbocycles. The van der Waals surface area contributed by atoms with Crippen LogP contribution in [-0.4, -0.2) is 52.4 Å². The van der Waals surface area contributed by atoms with Crippen molar-refractivity contribution in [3.8, 4) is 0 Å². The molecule has 0 unspecified atom stereocenters. The van der Waals surface area contributed by atoms with Crippen LogP contribution in [-0.2, 0) is 15.1 Å². The number of hydrogen-bond acceptors (Lipinski definition) is 4. The van der Waals surface area contributed by atoms with Gasteiger partial charge in [0.25, 0.3) is 0 Å². The number of nitrogens with zero attached hydrogens (tertiary/aromatic N) is 2. The Labute approximate surface area is 175 Å². The molecule has 1 aliphatic heterocycles. The molecule has 0 N–H and O–H groups in total. The number of urea groups is 1. The van der Waals surface area contributed by atoms with Crippen LogP contribution < -0.4 is 4.90 Å². The average molecular weight is 419 g/mol. The number of rotatable bonds is 5. The monoisotopic (exact) mass is 418 g/mol. The molecule has 2 aromatic rings. The fourth-order valence-corrected chi connectivity index (χ4v) is 4.38. The number of amides is 2. The van der Waals surface area contributed by atoms with Crippen molar-refractivity contribution in [1.82, 2.24) is 4.90 Å². The lowest BCUT2D eigenvalue weighted by molar-refractivity contribution is -0.0950. The van der Waals surface area contributed by atoms with Crippen LogP contribution in [0.5, 0.6) is 0 Å². The lowest BCUT2D eigenvalue weighted by atomic mass is 9.86. The molecule has 0 aromatic heterocycles. The highest BCUT2D eigenvalue weighted by Crippen LogP contribution is 2.39. The van der Waals surface area contributed by atoms with Gasteiger partial charge in [0.05, 0.1) is 5.60 Å². The number of carbonyl (C=O) groups excluding carboxylic acids is 1. The second-order valence-corrected chi connectivity index (χ2v) is 8.47. The zero-order chi connectivity index (χ0) is 21.0. The van der Waals surface area contributed by atoms with Crippen LogP contribution >= 0.6 is 11.8 Å². The summed E-state index contributed by atoms with van der Waals surface area (Å²) in [6.07, 6.45) is 1.41. The predicted molar refractivity (Wildman–Crippen MR) is 113 cm³/mol. The summed E-state index contributed by atoms with van der Waals surface area (Å²) < 4.78 is 25.6. The van der Waals surface area contributed by atoms with Crippen LogP contribution in [0.1, 0.15) is 18.4 Å². The predicted octanol–water partition coefficient (Wildman–Crippen LogP) is 4.75. The second kappa shape index (κ2) is 9.15. The fraction of sp³-hybridized carbons (Fsp3) is 0.409. The normalized spacial score (nSPS) is 15.8. The number of benzene rings is 2. The van der Waals surface area contributed by atoms with Crippen molar-refractivity contribution >= 4 is 23.5 Å². The van der Waals surface area contributed by atoms with Gasteiger partial charge in [-0.1, -0.05) is 11.8 Å². The molecule has 1 saturated heterocycles. The van der Waals surface area contributed by atoms with E-state index < -0.39 is 5.60 Å². The molecule has 0 bridgehead atoms. The highest BCUT2D eigenvalue weighted by atomic mass is 32.2. The molecule has 1 fully saturated rings. The third-order valence-corrected chi connectivity index (χ3v) is 6.20. The molecule has 1 aliphatic rings. The van der Waals surface area contributed by atoms with Crippen molar-refractivity contribution in [2.75, 3.05) is 46.4 Å². The van der Waals surface area contributed by atoms with Gasteiger partial charge in [-0.3, -0.25) is 4.90 Å². The van der Waals surface area contributed by atoms with Gasteiger partial charge in [-0.25, -0.2) is 9.18 Å². The van der Waals surface area contributed by atoms with Gasteiger partial charge in [0.15, 0.2) is 0 Å². The minimum atomic E-state index is -0.505. The Morgan fingerprint density at radius 2 is 1.72 bits per heavy atom. The molecule has 3 rings (SSSR count). The zero-order valence-electron chi connectivity index (χ0n) is 17.3. The van der Waals surface area contributed by atoms with E-state index in [1.54, 1.807) is 39.2 Å². The molecule has 0 radical (unpaired) electrons. The van der Waals surface area contributed by atoms with Gasteiger partial charge in [-0.15, -0.1) is 0 Å². The molecule has 0 atom stereocenters. The quantitative estimate of drug-likeness (QED) is 0.703. The van der Waals surface area contributed by atoms with Gasteiger partial charge in [-0.05, 0) is 48.0 Å². The van der Waals surface area contributed by atoms with E-state index in [2.05, 4.69) is 0 Å². The maximum Gasteiger partial charge on any atom is 0.323 e. The molecule has 1 heterocycles. The van der Waals surface area contributed by atoms with E-state index in [1.165, 1.54) is 22.7 Å². The molecule has 2 aromatic carbocycles. The SMILES string of the molecule is COC1(c2cc(F)cc(Sc3ccc(N(C)C(=O)N(C)C)cc3)c2)CCOCC1. The molecule has 29 heavy (non-hydrogen) atoms. The Hall–Kier alpha value is -2.09. The van der Waals surface area contributed by atoms with Crippen LogP contribution in [0.4, 0.5) is 14.9 Å². The molecular formula is C22H27FN2O3S. The summed E-state index contributed by atoms with van der Waals surface area (Å²) in [5, 5.41) is 0. The highest BCUT2D eigenvalue weighted by Gasteiger charge is 2.35. The molecule has 2 amide bonds. The van der Waals surface area contributed by atoms with Crippen molar-refractivity contribution < 1.29 is 18.7 Å². The number of methoxy groups -OCH3 is 1. The lowest BCUT2D eigenvalue weighted by Crippen LogP contribution is -2.36. The highest BCUT2D eigenvalue weighted by molar-refractivity contribution is 7.99. The Kier molecular flexibility index (Phi) is 6.82. The van der Waals surface area contributed by atoms with E-state index in [1.807, 2.05) is 30.3 Å². The lowest BCUT2D eigenvalue weighted by Gasteiger charge is -2.36. The largest absolute Gasteiger partial charge is 0.381 e. The Morgan fingerprint density at radius 1 is 1.07 bits per heavy atom. The van der Waals surface area contributed by atoms with E-state index in [-0.39, 0.29) is 11.8 Å². The topological polar surface area (TPSA) is 42.0 Å². The standard InChI is InChI=1S/C22H27FN2O3S/c1-24(2)21(26)25(3)18-5-7-19(8-6-18)29-20-14-16(13-17(23)15-20)22(27-4)9-11-28-12-10-22/h5-8,13-15H,9-12H2,1-4H3. The third-order valence-electron chi connectivity index (χ3n) is 5.22. The van der Waals surface area contributed by atoms with E-state index in [0.717, 1.165) is 21.0 Å². The summed E-state index contributed by atoms with van der Waals surface area (Å²) in [7, 11) is 6.85. The Morgan fingerprint density at radius 3 is 2.31 bits per heavy atom. The van der Waals surface area contributed by atoms with Gasteiger partial charge in [0.1, 0.15) is 5.82 Å². The second-order valence-electron chi connectivity index (χ2n) is 7.32. The van der Waals surface area contributed by atoms with Crippen LogP contribution in [0, 0.1) is 5.82 Å². The van der Waals surface area contributed by atoms with Crippen molar-refractivity contribution in [3.05, 3.63) is 53.8 Å². The van der Waals surface area contributed by atoms with E-state index >= 15 is 0 Å². The van der Waals surface area contributed by atoms with Gasteiger partial charge in [0, 0.05) is 69.8 Å². The fourth-order valence-electron chi connectivity index (χ4n) is 3.48. The van der Waals surface area contributed by atoms with Crippen molar-refractivity contribution in [2.45, 2.75) is 28.2 Å². The van der Waals surface area contributed by atoms with Gasteiger partial charge in [0.2, 0.25) is 0 Å². The minimum absolute atomic E-state index is 0.0958. The average Bonchev–Trinajstić information content (AvgIpc) is 2.73. The van der Waals surface area contributed by atoms with Gasteiger partial charge < -0.3 is 14.4 Å². The van der Waals surface area contributed by atoms with Crippen LogP contribution in [0.2, 0.25) is 0 Å². The number of hydrogen-bond donors (Lipinski definition) is 0. The zero-order valence-corrected chi connectivity index (χ0v) is 18.1. The molecule has 7 heteroatoms. The maximum absolute atomic E-state index is 14.4. The maximum atomic E-state index is 14.4. The van der Waals surface area contributed by atoms with Gasteiger partial charge >= 0.3 is 6.03 Å². The minimum Gasteiger partial charge on any atom is -0.381 e. The third kappa shape index (κ3) is 4.91. The first-order chi connectivity index (χ1) is 13.8. The Balaban J connectivity index is 1.80. The first-order valence-electron chi connectivity index (χ1n) is 9.51. The summed E-state index contributed by atoms with van der Waals surface area (Å²) in [5.41, 5.74) is 1.14. The molecular weight excluding hydrogens is 391 g/mol. The summed E-state index contributed by atoms with van der Waals surface area (Å²) in [6.45, 7) is 1.21. The molecule has 5 nitrogen and oxygen atoms in total. The molecule has 0 spiro atoms. The first kappa shape index (κ1) is 21.6. The van der Waals surface area contributed by atoms with Crippen LogP contribution in [0.15, 0.2) is 52.3 Å². The number of halogens is 1. The van der Waals surface area contributed by atoms with Crippen LogP contribution in [0.25, 0.3) is 0 Å². The van der Waals surface area contributed by atoms with E-state index in [4.69, 9.17) is 9.47 Å². The van der Waals surface area contributed by atoms with Crippen molar-refractivity contribution in [1.29, 1.82) is 0 Å².